The molecule has 8 nitrogen and oxygen atoms in total. The number of para-hydroxylation sites is 1. The molecule has 0 saturated heterocycles. The third-order valence-electron chi connectivity index (χ3n) is 4.78. The van der Waals surface area contributed by atoms with Crippen LogP contribution < -0.4 is 9.64 Å². The highest BCUT2D eigenvalue weighted by Crippen LogP contribution is 2.35. The van der Waals surface area contributed by atoms with E-state index < -0.39 is 4.92 Å². The molecule has 33 heavy (non-hydrogen) atoms. The highest BCUT2D eigenvalue weighted by atomic mass is 32.1. The number of thiazole rings is 1. The summed E-state index contributed by atoms with van der Waals surface area (Å²) in [7, 11) is 0. The Hall–Kier alpha value is -4.11. The Morgan fingerprint density at radius 2 is 1.91 bits per heavy atom. The van der Waals surface area contributed by atoms with E-state index in [9.17, 15) is 14.9 Å². The van der Waals surface area contributed by atoms with Gasteiger partial charge in [-0.3, -0.25) is 24.8 Å². The maximum atomic E-state index is 13.2. The highest BCUT2D eigenvalue weighted by Gasteiger charge is 2.20. The molecule has 0 N–H and O–H groups in total. The lowest BCUT2D eigenvalue weighted by Gasteiger charge is -2.18. The summed E-state index contributed by atoms with van der Waals surface area (Å²) in [5, 5.41) is 11.4. The van der Waals surface area contributed by atoms with Gasteiger partial charge in [-0.05, 0) is 60.5 Å². The largest absolute Gasteiger partial charge is 0.492 e. The quantitative estimate of drug-likeness (QED) is 0.202. The van der Waals surface area contributed by atoms with Crippen LogP contribution in [-0.2, 0) is 11.3 Å². The van der Waals surface area contributed by atoms with Gasteiger partial charge in [-0.25, -0.2) is 4.98 Å². The number of aromatic nitrogens is 2. The lowest BCUT2D eigenvalue weighted by atomic mass is 10.2. The summed E-state index contributed by atoms with van der Waals surface area (Å²) in [5.74, 6) is 0.414. The second kappa shape index (κ2) is 10.0. The smallest absolute Gasteiger partial charge is 0.269 e. The molecule has 0 atom stereocenters. The van der Waals surface area contributed by atoms with Gasteiger partial charge >= 0.3 is 0 Å². The molecular weight excluding hydrogens is 440 g/mol. The molecule has 0 unspecified atom stereocenters. The molecule has 0 saturated carbocycles. The van der Waals surface area contributed by atoms with Crippen molar-refractivity contribution < 1.29 is 14.5 Å². The second-order valence-electron chi connectivity index (χ2n) is 6.99. The van der Waals surface area contributed by atoms with Crippen molar-refractivity contribution in [3.63, 3.8) is 0 Å². The van der Waals surface area contributed by atoms with Gasteiger partial charge < -0.3 is 4.74 Å². The topological polar surface area (TPSA) is 98.5 Å². The number of carbonyl (C=O) groups is 1. The van der Waals surface area contributed by atoms with Crippen LogP contribution >= 0.6 is 11.3 Å². The Kier molecular flexibility index (Phi) is 6.70. The summed E-state index contributed by atoms with van der Waals surface area (Å²) >= 11 is 1.41. The van der Waals surface area contributed by atoms with Crippen LogP contribution in [-0.4, -0.2) is 27.4 Å². The molecule has 4 rings (SSSR count). The fraction of sp³-hybridized carbons (Fsp3) is 0.125. The van der Waals surface area contributed by atoms with Crippen LogP contribution in [0.3, 0.4) is 0 Å². The summed E-state index contributed by atoms with van der Waals surface area (Å²) in [5.41, 5.74) is 2.30. The van der Waals surface area contributed by atoms with E-state index in [0.29, 0.717) is 35.1 Å². The number of ether oxygens (including phenoxy) is 1. The minimum Gasteiger partial charge on any atom is -0.492 e. The summed E-state index contributed by atoms with van der Waals surface area (Å²) in [6.45, 7) is 2.74. The third kappa shape index (κ3) is 5.21. The molecule has 0 spiro atoms. The minimum atomic E-state index is -0.460. The number of hydrogen-bond donors (Lipinski definition) is 0. The number of amides is 1. The number of rotatable bonds is 8. The lowest BCUT2D eigenvalue weighted by Crippen LogP contribution is -2.28. The monoisotopic (exact) mass is 460 g/mol. The fourth-order valence-electron chi connectivity index (χ4n) is 3.17. The SMILES string of the molecule is CCOc1cccc2sc(N(Cc3ccncc3)C(=O)/C=C/c3ccc([N+](=O)[O-])cc3)nc12. The van der Waals surface area contributed by atoms with Gasteiger partial charge in [-0.1, -0.05) is 17.4 Å². The standard InChI is InChI=1S/C24H20N4O4S/c1-2-32-20-4-3-5-21-23(20)26-24(33-21)27(16-18-12-14-25-15-13-18)22(29)11-8-17-6-9-19(10-7-17)28(30)31/h3-15H,2,16H2,1H3/b11-8+. The van der Waals surface area contributed by atoms with E-state index in [4.69, 9.17) is 9.72 Å². The number of non-ortho nitro benzene ring substituents is 1. The first-order valence-electron chi connectivity index (χ1n) is 10.2. The summed E-state index contributed by atoms with van der Waals surface area (Å²) in [6.07, 6.45) is 6.43. The lowest BCUT2D eigenvalue weighted by molar-refractivity contribution is -0.384. The Balaban J connectivity index is 1.66. The van der Waals surface area contributed by atoms with Crippen LogP contribution in [0.2, 0.25) is 0 Å². The molecule has 0 radical (unpaired) electrons. The van der Waals surface area contributed by atoms with E-state index in [1.807, 2.05) is 37.3 Å². The maximum absolute atomic E-state index is 13.2. The Morgan fingerprint density at radius 3 is 2.61 bits per heavy atom. The molecule has 0 aliphatic carbocycles. The fourth-order valence-corrected chi connectivity index (χ4v) is 4.16. The molecular formula is C24H20N4O4S. The molecule has 0 aliphatic heterocycles. The van der Waals surface area contributed by atoms with Crippen LogP contribution in [0.1, 0.15) is 18.1 Å². The first kappa shape index (κ1) is 22.1. The number of pyridine rings is 1. The Bertz CT molecular complexity index is 1300. The first-order chi connectivity index (χ1) is 16.0. The molecule has 0 fully saturated rings. The zero-order valence-electron chi connectivity index (χ0n) is 17.7. The van der Waals surface area contributed by atoms with Crippen LogP contribution in [0.4, 0.5) is 10.8 Å². The van der Waals surface area contributed by atoms with Gasteiger partial charge in [0, 0.05) is 30.6 Å². The molecule has 166 valence electrons. The molecule has 2 heterocycles. The molecule has 9 heteroatoms. The Morgan fingerprint density at radius 1 is 1.15 bits per heavy atom. The van der Waals surface area contributed by atoms with Crippen molar-refractivity contribution in [3.8, 4) is 5.75 Å². The van der Waals surface area contributed by atoms with E-state index in [-0.39, 0.29) is 11.6 Å². The average Bonchev–Trinajstić information content (AvgIpc) is 3.27. The van der Waals surface area contributed by atoms with Crippen LogP contribution in [0.5, 0.6) is 5.75 Å². The van der Waals surface area contributed by atoms with Crippen molar-refractivity contribution >= 4 is 44.4 Å². The van der Waals surface area contributed by atoms with Crippen LogP contribution in [0.15, 0.2) is 73.1 Å². The number of nitro groups is 1. The molecule has 0 aliphatic rings. The number of anilines is 1. The molecule has 0 bridgehead atoms. The van der Waals surface area contributed by atoms with Crippen molar-refractivity contribution in [1.29, 1.82) is 0 Å². The predicted octanol–water partition coefficient (Wildman–Crippen LogP) is 5.24. The minimum absolute atomic E-state index is 0.00244. The number of nitro benzene ring substituents is 1. The van der Waals surface area contributed by atoms with Crippen molar-refractivity contribution in [2.24, 2.45) is 0 Å². The number of hydrogen-bond acceptors (Lipinski definition) is 7. The molecule has 2 aromatic carbocycles. The van der Waals surface area contributed by atoms with Crippen LogP contribution in [0.25, 0.3) is 16.3 Å². The van der Waals surface area contributed by atoms with Crippen molar-refractivity contribution in [1.82, 2.24) is 9.97 Å². The summed E-state index contributed by atoms with van der Waals surface area (Å²) < 4.78 is 6.61. The molecule has 1 amide bonds. The maximum Gasteiger partial charge on any atom is 0.269 e. The normalized spacial score (nSPS) is 11.1. The third-order valence-corrected chi connectivity index (χ3v) is 5.82. The van der Waals surface area contributed by atoms with Gasteiger partial charge in [0.2, 0.25) is 0 Å². The molecule has 4 aromatic rings. The van der Waals surface area contributed by atoms with E-state index in [0.717, 1.165) is 10.3 Å². The van der Waals surface area contributed by atoms with Gasteiger partial charge in [0.15, 0.2) is 5.13 Å². The second-order valence-corrected chi connectivity index (χ2v) is 8.00. The number of carbonyl (C=O) groups excluding carboxylic acids is 1. The van der Waals surface area contributed by atoms with Gasteiger partial charge in [-0.15, -0.1) is 0 Å². The highest BCUT2D eigenvalue weighted by molar-refractivity contribution is 7.22. The zero-order valence-corrected chi connectivity index (χ0v) is 18.6. The zero-order chi connectivity index (χ0) is 23.2. The van der Waals surface area contributed by atoms with E-state index in [1.165, 1.54) is 29.5 Å². The number of fused-ring (bicyclic) bond motifs is 1. The van der Waals surface area contributed by atoms with Gasteiger partial charge in [-0.2, -0.15) is 0 Å². The Labute approximate surface area is 193 Å². The van der Waals surface area contributed by atoms with Crippen molar-refractivity contribution in [2.45, 2.75) is 13.5 Å². The van der Waals surface area contributed by atoms with Crippen molar-refractivity contribution in [2.75, 3.05) is 11.5 Å². The van der Waals surface area contributed by atoms with E-state index in [1.54, 1.807) is 35.5 Å². The first-order valence-corrected chi connectivity index (χ1v) is 11.0. The molecule has 2 aromatic heterocycles. The van der Waals surface area contributed by atoms with Gasteiger partial charge in [0.05, 0.1) is 22.8 Å². The van der Waals surface area contributed by atoms with Gasteiger partial charge in [0.25, 0.3) is 11.6 Å². The van der Waals surface area contributed by atoms with Gasteiger partial charge in [0.1, 0.15) is 11.3 Å². The van der Waals surface area contributed by atoms with Crippen molar-refractivity contribution in [3.05, 3.63) is 94.3 Å². The summed E-state index contributed by atoms with van der Waals surface area (Å²) in [4.78, 5) is 34.0. The van der Waals surface area contributed by atoms with E-state index >= 15 is 0 Å². The number of benzene rings is 2. The van der Waals surface area contributed by atoms with E-state index in [2.05, 4.69) is 4.98 Å². The predicted molar refractivity (Wildman–Crippen MR) is 128 cm³/mol. The van der Waals surface area contributed by atoms with Crippen LogP contribution in [0, 0.1) is 10.1 Å². The number of nitrogens with zero attached hydrogens (tertiary/aromatic N) is 4. The average molecular weight is 461 g/mol. The summed E-state index contributed by atoms with van der Waals surface area (Å²) in [6, 6.07) is 15.4.